The Morgan fingerprint density at radius 2 is 1.92 bits per heavy atom. The lowest BCUT2D eigenvalue weighted by Crippen LogP contribution is -2.18. The molecule has 1 aliphatic rings. The lowest BCUT2D eigenvalue weighted by Gasteiger charge is -2.23. The summed E-state index contributed by atoms with van der Waals surface area (Å²) in [5, 5.41) is 24.1. The molecule has 26 heavy (non-hydrogen) atoms. The standard InChI is InChI=1S/C19H25N7/c1-13(2)19-16(22-10-14-6-4-3-5-7-14)8-17(25-26-19)24-18-12-21-15(9-20)11-23-18/h8,11-14H,3-7,10H2,1-2H3,(H2,22,23,24,25). The number of nitriles is 1. The van der Waals surface area contributed by atoms with Crippen molar-refractivity contribution in [3.05, 3.63) is 29.8 Å². The van der Waals surface area contributed by atoms with Gasteiger partial charge in [0.15, 0.2) is 11.5 Å². The molecule has 0 aliphatic heterocycles. The van der Waals surface area contributed by atoms with Crippen LogP contribution in [0.4, 0.5) is 17.3 Å². The van der Waals surface area contributed by atoms with E-state index >= 15 is 0 Å². The first kappa shape index (κ1) is 18.1. The molecule has 2 N–H and O–H groups in total. The molecule has 2 aromatic heterocycles. The van der Waals surface area contributed by atoms with E-state index in [4.69, 9.17) is 5.26 Å². The minimum absolute atomic E-state index is 0.284. The second-order valence-electron chi connectivity index (χ2n) is 7.09. The van der Waals surface area contributed by atoms with Crippen LogP contribution in [0.2, 0.25) is 0 Å². The van der Waals surface area contributed by atoms with E-state index in [9.17, 15) is 0 Å². The summed E-state index contributed by atoms with van der Waals surface area (Å²) in [6.07, 6.45) is 9.59. The molecule has 0 radical (unpaired) electrons. The van der Waals surface area contributed by atoms with Gasteiger partial charge < -0.3 is 10.6 Å². The molecule has 0 amide bonds. The Hall–Kier alpha value is -2.75. The van der Waals surface area contributed by atoms with E-state index in [1.165, 1.54) is 44.5 Å². The van der Waals surface area contributed by atoms with Gasteiger partial charge in [-0.3, -0.25) is 0 Å². The summed E-state index contributed by atoms with van der Waals surface area (Å²) >= 11 is 0. The van der Waals surface area contributed by atoms with E-state index in [2.05, 4.69) is 44.6 Å². The summed E-state index contributed by atoms with van der Waals surface area (Å²) in [7, 11) is 0. The van der Waals surface area contributed by atoms with E-state index in [-0.39, 0.29) is 5.69 Å². The molecule has 0 bridgehead atoms. The highest BCUT2D eigenvalue weighted by Gasteiger charge is 2.16. The second kappa shape index (κ2) is 8.56. The fraction of sp³-hybridized carbons (Fsp3) is 0.526. The summed E-state index contributed by atoms with van der Waals surface area (Å²) in [6, 6.07) is 3.93. The summed E-state index contributed by atoms with van der Waals surface area (Å²) < 4.78 is 0. The first-order valence-electron chi connectivity index (χ1n) is 9.26. The molecule has 0 unspecified atom stereocenters. The molecule has 2 heterocycles. The number of hydrogen-bond acceptors (Lipinski definition) is 7. The van der Waals surface area contributed by atoms with Gasteiger partial charge in [0.05, 0.1) is 23.8 Å². The highest BCUT2D eigenvalue weighted by Crippen LogP contribution is 2.27. The van der Waals surface area contributed by atoms with Crippen LogP contribution in [0.15, 0.2) is 18.5 Å². The average Bonchev–Trinajstić information content (AvgIpc) is 2.68. The predicted molar refractivity (Wildman–Crippen MR) is 101 cm³/mol. The third-order valence-corrected chi connectivity index (χ3v) is 4.70. The van der Waals surface area contributed by atoms with Gasteiger partial charge in [-0.25, -0.2) is 9.97 Å². The Balaban J connectivity index is 1.73. The lowest BCUT2D eigenvalue weighted by molar-refractivity contribution is 0.373. The maximum Gasteiger partial charge on any atom is 0.158 e. The molecule has 0 spiro atoms. The van der Waals surface area contributed by atoms with Crippen LogP contribution in [0.5, 0.6) is 0 Å². The van der Waals surface area contributed by atoms with Crippen molar-refractivity contribution < 1.29 is 0 Å². The van der Waals surface area contributed by atoms with Crippen LogP contribution in [-0.2, 0) is 0 Å². The van der Waals surface area contributed by atoms with Crippen molar-refractivity contribution in [1.29, 1.82) is 5.26 Å². The molecule has 7 nitrogen and oxygen atoms in total. The molecule has 0 saturated heterocycles. The van der Waals surface area contributed by atoms with Gasteiger partial charge in [-0.2, -0.15) is 10.4 Å². The fourth-order valence-electron chi connectivity index (χ4n) is 3.26. The van der Waals surface area contributed by atoms with E-state index in [1.54, 1.807) is 0 Å². The van der Waals surface area contributed by atoms with Gasteiger partial charge in [-0.05, 0) is 24.7 Å². The average molecular weight is 351 g/mol. The first-order valence-corrected chi connectivity index (χ1v) is 9.26. The number of hydrogen-bond donors (Lipinski definition) is 2. The van der Waals surface area contributed by atoms with Gasteiger partial charge in [0, 0.05) is 12.6 Å². The zero-order chi connectivity index (χ0) is 18.4. The largest absolute Gasteiger partial charge is 0.383 e. The zero-order valence-electron chi connectivity index (χ0n) is 15.4. The van der Waals surface area contributed by atoms with E-state index in [0.717, 1.165) is 23.8 Å². The molecular weight excluding hydrogens is 326 g/mol. The van der Waals surface area contributed by atoms with Crippen LogP contribution in [0.25, 0.3) is 0 Å². The smallest absolute Gasteiger partial charge is 0.158 e. The molecule has 1 aliphatic carbocycles. The van der Waals surface area contributed by atoms with Crippen molar-refractivity contribution >= 4 is 17.3 Å². The van der Waals surface area contributed by atoms with Crippen LogP contribution in [0.3, 0.4) is 0 Å². The molecule has 0 aromatic carbocycles. The van der Waals surface area contributed by atoms with Crippen LogP contribution in [-0.4, -0.2) is 26.7 Å². The highest BCUT2D eigenvalue weighted by molar-refractivity contribution is 5.60. The predicted octanol–water partition coefficient (Wildman–Crippen LogP) is 4.00. The topological polar surface area (TPSA) is 99.4 Å². The van der Waals surface area contributed by atoms with Gasteiger partial charge in [0.25, 0.3) is 0 Å². The van der Waals surface area contributed by atoms with E-state index in [0.29, 0.717) is 17.6 Å². The zero-order valence-corrected chi connectivity index (χ0v) is 15.4. The van der Waals surface area contributed by atoms with Crippen LogP contribution < -0.4 is 10.6 Å². The summed E-state index contributed by atoms with van der Waals surface area (Å²) in [6.45, 7) is 5.21. The molecule has 2 aromatic rings. The highest BCUT2D eigenvalue weighted by atomic mass is 15.2. The molecule has 1 saturated carbocycles. The molecule has 3 rings (SSSR count). The van der Waals surface area contributed by atoms with Crippen LogP contribution >= 0.6 is 0 Å². The Morgan fingerprint density at radius 1 is 1.12 bits per heavy atom. The molecule has 7 heteroatoms. The summed E-state index contributed by atoms with van der Waals surface area (Å²) in [4.78, 5) is 8.18. The van der Waals surface area contributed by atoms with Gasteiger partial charge in [-0.15, -0.1) is 5.10 Å². The number of aromatic nitrogens is 4. The maximum absolute atomic E-state index is 8.80. The Morgan fingerprint density at radius 3 is 2.58 bits per heavy atom. The molecular formula is C19H25N7. The van der Waals surface area contributed by atoms with Crippen molar-refractivity contribution in [2.75, 3.05) is 17.2 Å². The third-order valence-electron chi connectivity index (χ3n) is 4.70. The second-order valence-corrected chi connectivity index (χ2v) is 7.09. The van der Waals surface area contributed by atoms with Gasteiger partial charge in [-0.1, -0.05) is 33.1 Å². The van der Waals surface area contributed by atoms with Gasteiger partial charge in [0.1, 0.15) is 11.9 Å². The number of nitrogens with one attached hydrogen (secondary N) is 2. The molecule has 136 valence electrons. The SMILES string of the molecule is CC(C)c1nnc(Nc2cnc(C#N)cn2)cc1NCC1CCCCC1. The number of rotatable bonds is 6. The minimum atomic E-state index is 0.284. The quantitative estimate of drug-likeness (QED) is 0.811. The Bertz CT molecular complexity index is 758. The molecule has 0 atom stereocenters. The van der Waals surface area contributed by atoms with Crippen LogP contribution in [0, 0.1) is 17.2 Å². The lowest BCUT2D eigenvalue weighted by atomic mass is 9.89. The minimum Gasteiger partial charge on any atom is -0.383 e. The van der Waals surface area contributed by atoms with E-state index in [1.807, 2.05) is 12.1 Å². The van der Waals surface area contributed by atoms with Crippen LogP contribution in [0.1, 0.15) is 63.3 Å². The maximum atomic E-state index is 8.80. The van der Waals surface area contributed by atoms with Crippen molar-refractivity contribution in [3.8, 4) is 6.07 Å². The van der Waals surface area contributed by atoms with Crippen molar-refractivity contribution in [2.45, 2.75) is 51.9 Å². The number of nitrogens with zero attached hydrogens (tertiary/aromatic N) is 5. The number of anilines is 3. The summed E-state index contributed by atoms with van der Waals surface area (Å²) in [5.41, 5.74) is 2.27. The monoisotopic (exact) mass is 351 g/mol. The Labute approximate surface area is 154 Å². The van der Waals surface area contributed by atoms with Crippen molar-refractivity contribution in [2.24, 2.45) is 5.92 Å². The van der Waals surface area contributed by atoms with Gasteiger partial charge >= 0.3 is 0 Å². The molecule has 1 fully saturated rings. The fourth-order valence-corrected chi connectivity index (χ4v) is 3.26. The third kappa shape index (κ3) is 4.66. The first-order chi connectivity index (χ1) is 12.7. The van der Waals surface area contributed by atoms with Gasteiger partial charge in [0.2, 0.25) is 0 Å². The Kier molecular flexibility index (Phi) is 5.95. The summed E-state index contributed by atoms with van der Waals surface area (Å²) in [5.74, 6) is 2.17. The van der Waals surface area contributed by atoms with Crippen molar-refractivity contribution in [1.82, 2.24) is 20.2 Å². The normalized spacial score (nSPS) is 14.8. The van der Waals surface area contributed by atoms with Crippen molar-refractivity contribution in [3.63, 3.8) is 0 Å². The van der Waals surface area contributed by atoms with E-state index < -0.39 is 0 Å².